The van der Waals surface area contributed by atoms with E-state index in [-0.39, 0.29) is 17.4 Å². The number of alkyl halides is 3. The van der Waals surface area contributed by atoms with E-state index in [1.807, 2.05) is 12.1 Å². The Labute approximate surface area is 160 Å². The number of piperidine rings is 1. The van der Waals surface area contributed by atoms with Crippen LogP contribution in [0.1, 0.15) is 36.9 Å². The second-order valence-corrected chi connectivity index (χ2v) is 7.08. The van der Waals surface area contributed by atoms with Gasteiger partial charge in [-0.25, -0.2) is 9.97 Å². The van der Waals surface area contributed by atoms with Crippen LogP contribution in [0, 0.1) is 0 Å². The first kappa shape index (κ1) is 18.7. The summed E-state index contributed by atoms with van der Waals surface area (Å²) in [6.07, 6.45) is 0.530. The first-order valence-electron chi connectivity index (χ1n) is 9.48. The van der Waals surface area contributed by atoms with Gasteiger partial charge >= 0.3 is 6.18 Å². The zero-order valence-electron chi connectivity index (χ0n) is 15.3. The highest BCUT2D eigenvalue weighted by molar-refractivity contribution is 5.89. The van der Waals surface area contributed by atoms with Crippen LogP contribution in [0.15, 0.2) is 47.1 Å². The summed E-state index contributed by atoms with van der Waals surface area (Å²) in [6.45, 7) is 2.47. The van der Waals surface area contributed by atoms with Gasteiger partial charge in [-0.2, -0.15) is 13.2 Å². The maximum Gasteiger partial charge on any atom is 0.451 e. The van der Waals surface area contributed by atoms with E-state index in [0.717, 1.165) is 31.7 Å². The number of fused-ring (bicyclic) bond motifs is 1. The summed E-state index contributed by atoms with van der Waals surface area (Å²) in [6, 6.07) is 10.5. The molecular formula is C20H22F3N4O+. The van der Waals surface area contributed by atoms with Crippen LogP contribution in [0.5, 0.6) is 0 Å². The minimum atomic E-state index is -4.60. The van der Waals surface area contributed by atoms with Gasteiger partial charge in [-0.3, -0.25) is 0 Å². The van der Waals surface area contributed by atoms with Crippen LogP contribution >= 0.6 is 0 Å². The summed E-state index contributed by atoms with van der Waals surface area (Å²) >= 11 is 0. The molecule has 0 unspecified atom stereocenters. The van der Waals surface area contributed by atoms with Crippen LogP contribution in [0.25, 0.3) is 10.9 Å². The lowest BCUT2D eigenvalue weighted by Gasteiger charge is -2.30. The zero-order valence-corrected chi connectivity index (χ0v) is 15.3. The third kappa shape index (κ3) is 3.96. The third-order valence-electron chi connectivity index (χ3n) is 5.21. The molecule has 2 aromatic heterocycles. The molecule has 0 radical (unpaired) electrons. The van der Waals surface area contributed by atoms with Crippen molar-refractivity contribution in [2.24, 2.45) is 0 Å². The van der Waals surface area contributed by atoms with Crippen molar-refractivity contribution in [2.75, 3.05) is 25.0 Å². The fourth-order valence-electron chi connectivity index (χ4n) is 3.83. The van der Waals surface area contributed by atoms with Crippen molar-refractivity contribution in [1.82, 2.24) is 9.97 Å². The Bertz CT molecular complexity index is 921. The lowest BCUT2D eigenvalue weighted by Crippen LogP contribution is -3.13. The Morgan fingerprint density at radius 3 is 2.54 bits per heavy atom. The minimum absolute atomic E-state index is 0.0124. The SMILES string of the molecule is FC(F)(F)c1nc(NC[C@H](c2ccco2)[NH+]2CCCCC2)c2ccccc2n1. The standard InChI is InChI=1S/C20H21F3N4O/c21-20(22,23)19-25-15-8-3-2-7-14(15)18(26-19)24-13-16(17-9-6-12-28-17)27-10-4-1-5-11-27/h2-3,6-9,12,16H,1,4-5,10-11,13H2,(H,24,25,26)/p+1/t16-/m1/s1. The predicted molar refractivity (Wildman–Crippen MR) is 99.0 cm³/mol. The Hall–Kier alpha value is -2.61. The van der Waals surface area contributed by atoms with Crippen LogP contribution in [0.3, 0.4) is 0 Å². The molecule has 148 valence electrons. The van der Waals surface area contributed by atoms with E-state index in [0.29, 0.717) is 11.9 Å². The van der Waals surface area contributed by atoms with Gasteiger partial charge in [0.2, 0.25) is 5.82 Å². The van der Waals surface area contributed by atoms with Gasteiger partial charge in [-0.15, -0.1) is 0 Å². The molecule has 28 heavy (non-hydrogen) atoms. The Kier molecular flexibility index (Phi) is 5.21. The number of likely N-dealkylation sites (tertiary alicyclic amines) is 1. The molecule has 0 spiro atoms. The highest BCUT2D eigenvalue weighted by Gasteiger charge is 2.36. The third-order valence-corrected chi connectivity index (χ3v) is 5.21. The van der Waals surface area contributed by atoms with E-state index >= 15 is 0 Å². The van der Waals surface area contributed by atoms with Crippen molar-refractivity contribution in [3.8, 4) is 0 Å². The quantitative estimate of drug-likeness (QED) is 0.699. The summed E-state index contributed by atoms with van der Waals surface area (Å²) in [5.74, 6) is -0.0988. The molecule has 0 bridgehead atoms. The van der Waals surface area contributed by atoms with Gasteiger partial charge < -0.3 is 14.6 Å². The van der Waals surface area contributed by atoms with Crippen LogP contribution in [-0.2, 0) is 6.18 Å². The molecule has 0 saturated carbocycles. The molecule has 0 amide bonds. The zero-order chi connectivity index (χ0) is 19.6. The highest BCUT2D eigenvalue weighted by Crippen LogP contribution is 2.30. The molecule has 1 aliphatic rings. The number of aromatic nitrogens is 2. The van der Waals surface area contributed by atoms with E-state index in [4.69, 9.17) is 4.42 Å². The van der Waals surface area contributed by atoms with Crippen molar-refractivity contribution in [1.29, 1.82) is 0 Å². The lowest BCUT2D eigenvalue weighted by molar-refractivity contribution is -0.935. The molecule has 1 atom stereocenters. The smallest absolute Gasteiger partial charge is 0.451 e. The summed E-state index contributed by atoms with van der Waals surface area (Å²) in [5, 5.41) is 3.73. The molecule has 3 heterocycles. The van der Waals surface area contributed by atoms with Crippen LogP contribution in [-0.4, -0.2) is 29.6 Å². The molecule has 3 aromatic rings. The number of benzene rings is 1. The van der Waals surface area contributed by atoms with Gasteiger partial charge in [0.25, 0.3) is 0 Å². The summed E-state index contributed by atoms with van der Waals surface area (Å²) < 4.78 is 45.3. The Balaban J connectivity index is 1.64. The maximum atomic E-state index is 13.2. The number of hydrogen-bond donors (Lipinski definition) is 2. The van der Waals surface area contributed by atoms with Crippen molar-refractivity contribution in [3.63, 3.8) is 0 Å². The number of halogens is 3. The molecule has 1 aliphatic heterocycles. The number of para-hydroxylation sites is 1. The number of quaternary nitrogens is 1. The van der Waals surface area contributed by atoms with E-state index in [1.54, 1.807) is 30.5 Å². The molecule has 2 N–H and O–H groups in total. The van der Waals surface area contributed by atoms with Crippen LogP contribution < -0.4 is 10.2 Å². The molecule has 8 heteroatoms. The summed E-state index contributed by atoms with van der Waals surface area (Å²) in [7, 11) is 0. The average Bonchev–Trinajstić information content (AvgIpc) is 3.22. The first-order chi connectivity index (χ1) is 13.5. The van der Waals surface area contributed by atoms with Gasteiger partial charge in [0, 0.05) is 5.39 Å². The average molecular weight is 391 g/mol. The first-order valence-corrected chi connectivity index (χ1v) is 9.48. The second kappa shape index (κ2) is 7.79. The van der Waals surface area contributed by atoms with Gasteiger partial charge in [-0.05, 0) is 43.5 Å². The Morgan fingerprint density at radius 2 is 1.82 bits per heavy atom. The van der Waals surface area contributed by atoms with Gasteiger partial charge in [0.15, 0.2) is 11.8 Å². The monoisotopic (exact) mass is 391 g/mol. The highest BCUT2D eigenvalue weighted by atomic mass is 19.4. The number of anilines is 1. The van der Waals surface area contributed by atoms with Gasteiger partial charge in [-0.1, -0.05) is 12.1 Å². The molecule has 5 nitrogen and oxygen atoms in total. The van der Waals surface area contributed by atoms with Crippen LogP contribution in [0.4, 0.5) is 19.0 Å². The number of nitrogens with zero attached hydrogens (tertiary/aromatic N) is 2. The second-order valence-electron chi connectivity index (χ2n) is 7.08. The Morgan fingerprint density at radius 1 is 1.04 bits per heavy atom. The fourth-order valence-corrected chi connectivity index (χ4v) is 3.83. The van der Waals surface area contributed by atoms with Gasteiger partial charge in [0.1, 0.15) is 5.82 Å². The van der Waals surface area contributed by atoms with Crippen molar-refractivity contribution < 1.29 is 22.5 Å². The number of nitrogens with one attached hydrogen (secondary N) is 2. The van der Waals surface area contributed by atoms with Crippen LogP contribution in [0.2, 0.25) is 0 Å². The molecule has 1 fully saturated rings. The summed E-state index contributed by atoms with van der Waals surface area (Å²) in [4.78, 5) is 8.84. The van der Waals surface area contributed by atoms with Crippen molar-refractivity contribution in [3.05, 3.63) is 54.2 Å². The number of rotatable bonds is 5. The minimum Gasteiger partial charge on any atom is -0.463 e. The van der Waals surface area contributed by atoms with Gasteiger partial charge in [0.05, 0.1) is 31.4 Å². The molecule has 4 rings (SSSR count). The van der Waals surface area contributed by atoms with Crippen molar-refractivity contribution in [2.45, 2.75) is 31.5 Å². The topological polar surface area (TPSA) is 55.4 Å². The number of furan rings is 1. The van der Waals surface area contributed by atoms with E-state index in [9.17, 15) is 13.2 Å². The predicted octanol–water partition coefficient (Wildman–Crippen LogP) is 3.46. The van der Waals surface area contributed by atoms with E-state index in [2.05, 4.69) is 15.3 Å². The molecule has 1 aromatic carbocycles. The number of hydrogen-bond acceptors (Lipinski definition) is 4. The molecule has 1 saturated heterocycles. The molecule has 0 aliphatic carbocycles. The normalized spacial score (nSPS) is 17.0. The lowest BCUT2D eigenvalue weighted by atomic mass is 10.1. The summed E-state index contributed by atoms with van der Waals surface area (Å²) in [5.41, 5.74) is 0.271. The van der Waals surface area contributed by atoms with Crippen molar-refractivity contribution >= 4 is 16.7 Å². The van der Waals surface area contributed by atoms with E-state index < -0.39 is 12.0 Å². The van der Waals surface area contributed by atoms with E-state index in [1.165, 1.54) is 11.3 Å². The maximum absolute atomic E-state index is 13.2. The molecular weight excluding hydrogens is 369 g/mol. The largest absolute Gasteiger partial charge is 0.463 e. The fraction of sp³-hybridized carbons (Fsp3) is 0.400.